The number of carbonyl (C=O) groups excluding carboxylic acids is 1. The number of carbonyl (C=O) groups is 1. The molecule has 0 aliphatic carbocycles. The zero-order valence-electron chi connectivity index (χ0n) is 19.4. The molecule has 3 aromatic rings. The zero-order chi connectivity index (χ0) is 24.0. The smallest absolute Gasteiger partial charge is 0.264 e. The molecule has 0 radical (unpaired) electrons. The molecule has 33 heavy (non-hydrogen) atoms. The molecule has 3 rings (SSSR count). The number of amides is 1. The van der Waals surface area contributed by atoms with Crippen LogP contribution in [0.2, 0.25) is 0 Å². The van der Waals surface area contributed by atoms with Gasteiger partial charge in [0.1, 0.15) is 12.3 Å². The van der Waals surface area contributed by atoms with Gasteiger partial charge < -0.3 is 10.1 Å². The molecule has 1 atom stereocenters. The van der Waals surface area contributed by atoms with Gasteiger partial charge in [-0.2, -0.15) is 0 Å². The molecule has 0 fully saturated rings. The molecular weight excluding hydrogens is 436 g/mol. The van der Waals surface area contributed by atoms with Crippen molar-refractivity contribution < 1.29 is 17.9 Å². The van der Waals surface area contributed by atoms with Crippen molar-refractivity contribution in [2.24, 2.45) is 0 Å². The third-order valence-electron chi connectivity index (χ3n) is 5.66. The maximum Gasteiger partial charge on any atom is 0.264 e. The quantitative estimate of drug-likeness (QED) is 0.493. The number of rotatable bonds is 9. The predicted octanol–water partition coefficient (Wildman–Crippen LogP) is 4.77. The van der Waals surface area contributed by atoms with Crippen molar-refractivity contribution >= 4 is 21.6 Å². The Kier molecular flexibility index (Phi) is 7.76. The first kappa shape index (κ1) is 24.3. The van der Waals surface area contributed by atoms with Crippen molar-refractivity contribution in [1.29, 1.82) is 0 Å². The summed E-state index contributed by atoms with van der Waals surface area (Å²) in [5, 5.41) is 2.98. The van der Waals surface area contributed by atoms with Crippen molar-refractivity contribution in [1.82, 2.24) is 5.32 Å². The van der Waals surface area contributed by atoms with Gasteiger partial charge in [-0.25, -0.2) is 8.42 Å². The molecule has 0 unspecified atom stereocenters. The molecular formula is C26H30N2O4S. The Morgan fingerprint density at radius 3 is 2.21 bits per heavy atom. The van der Waals surface area contributed by atoms with Gasteiger partial charge in [0.25, 0.3) is 10.0 Å². The lowest BCUT2D eigenvalue weighted by Crippen LogP contribution is -2.42. The largest absolute Gasteiger partial charge is 0.497 e. The number of hydrogen-bond acceptors (Lipinski definition) is 4. The number of nitrogens with one attached hydrogen (secondary N) is 1. The number of methoxy groups -OCH3 is 1. The summed E-state index contributed by atoms with van der Waals surface area (Å²) in [6.45, 7) is 5.52. The summed E-state index contributed by atoms with van der Waals surface area (Å²) in [5.41, 5.74) is 3.38. The number of sulfonamides is 1. The second-order valence-corrected chi connectivity index (χ2v) is 9.76. The first-order valence-corrected chi connectivity index (χ1v) is 12.3. The van der Waals surface area contributed by atoms with Crippen LogP contribution in [0.3, 0.4) is 0 Å². The Morgan fingerprint density at radius 1 is 0.970 bits per heavy atom. The van der Waals surface area contributed by atoms with Gasteiger partial charge in [-0.1, -0.05) is 43.3 Å². The van der Waals surface area contributed by atoms with Crippen LogP contribution < -0.4 is 14.4 Å². The summed E-state index contributed by atoms with van der Waals surface area (Å²) < 4.78 is 33.4. The van der Waals surface area contributed by atoms with Crippen LogP contribution in [0.4, 0.5) is 5.69 Å². The van der Waals surface area contributed by atoms with Crippen LogP contribution in [0.25, 0.3) is 0 Å². The third-order valence-corrected chi connectivity index (χ3v) is 7.45. The Bertz CT molecular complexity index is 1190. The van der Waals surface area contributed by atoms with E-state index in [4.69, 9.17) is 4.74 Å². The molecule has 1 amide bonds. The Morgan fingerprint density at radius 2 is 1.64 bits per heavy atom. The van der Waals surface area contributed by atoms with Gasteiger partial charge in [0.15, 0.2) is 0 Å². The van der Waals surface area contributed by atoms with Crippen LogP contribution in [-0.4, -0.2) is 28.0 Å². The minimum absolute atomic E-state index is 0.137. The maximum absolute atomic E-state index is 13.5. The van der Waals surface area contributed by atoms with Gasteiger partial charge in [0, 0.05) is 0 Å². The van der Waals surface area contributed by atoms with E-state index in [1.807, 2.05) is 51.1 Å². The average molecular weight is 467 g/mol. The molecule has 0 bridgehead atoms. The monoisotopic (exact) mass is 466 g/mol. The summed E-state index contributed by atoms with van der Waals surface area (Å²) in [4.78, 5) is 13.2. The lowest BCUT2D eigenvalue weighted by atomic mass is 10.0. The zero-order valence-corrected chi connectivity index (χ0v) is 20.2. The van der Waals surface area contributed by atoms with E-state index in [0.29, 0.717) is 12.1 Å². The number of hydrogen-bond donors (Lipinski definition) is 1. The molecule has 0 spiro atoms. The lowest BCUT2D eigenvalue weighted by Gasteiger charge is -2.26. The molecule has 0 heterocycles. The summed E-state index contributed by atoms with van der Waals surface area (Å²) in [5.74, 6) is 0.352. The molecule has 7 heteroatoms. The number of aryl methyl sites for hydroxylation is 2. The normalized spacial score (nSPS) is 12.1. The van der Waals surface area contributed by atoms with E-state index in [9.17, 15) is 13.2 Å². The van der Waals surface area contributed by atoms with Gasteiger partial charge in [-0.15, -0.1) is 0 Å². The Hall–Kier alpha value is -3.32. The highest BCUT2D eigenvalue weighted by atomic mass is 32.2. The summed E-state index contributed by atoms with van der Waals surface area (Å²) in [6.07, 6.45) is 0.660. The number of ether oxygens (including phenoxy) is 1. The van der Waals surface area contributed by atoms with E-state index < -0.39 is 10.0 Å². The summed E-state index contributed by atoms with van der Waals surface area (Å²) in [6, 6.07) is 20.8. The fourth-order valence-corrected chi connectivity index (χ4v) is 4.98. The van der Waals surface area contributed by atoms with Crippen molar-refractivity contribution in [2.75, 3.05) is 18.0 Å². The Labute approximate surface area is 196 Å². The van der Waals surface area contributed by atoms with Crippen LogP contribution >= 0.6 is 0 Å². The van der Waals surface area contributed by atoms with E-state index in [0.717, 1.165) is 22.4 Å². The van der Waals surface area contributed by atoms with Gasteiger partial charge >= 0.3 is 0 Å². The number of anilines is 1. The van der Waals surface area contributed by atoms with Gasteiger partial charge in [0.05, 0.1) is 23.7 Å². The van der Waals surface area contributed by atoms with Crippen molar-refractivity contribution in [3.8, 4) is 5.75 Å². The van der Waals surface area contributed by atoms with Crippen molar-refractivity contribution in [3.05, 3.63) is 89.5 Å². The minimum Gasteiger partial charge on any atom is -0.497 e. The second kappa shape index (κ2) is 10.5. The molecule has 174 valence electrons. The maximum atomic E-state index is 13.5. The molecule has 0 saturated carbocycles. The van der Waals surface area contributed by atoms with E-state index in [-0.39, 0.29) is 23.4 Å². The third kappa shape index (κ3) is 5.73. The van der Waals surface area contributed by atoms with Crippen LogP contribution in [0, 0.1) is 13.8 Å². The predicted molar refractivity (Wildman–Crippen MR) is 131 cm³/mol. The topological polar surface area (TPSA) is 75.7 Å². The lowest BCUT2D eigenvalue weighted by molar-refractivity contribution is -0.120. The highest BCUT2D eigenvalue weighted by Gasteiger charge is 2.28. The molecule has 0 aliphatic heterocycles. The molecule has 0 aliphatic rings. The number of benzene rings is 3. The molecule has 0 aromatic heterocycles. The van der Waals surface area contributed by atoms with Gasteiger partial charge in [-0.3, -0.25) is 9.10 Å². The SMILES string of the molecule is CC[C@@H](NC(=O)CN(c1ccc(C)c(C)c1)S(=O)(=O)c1ccccc1)c1ccc(OC)cc1. The van der Waals surface area contributed by atoms with Crippen molar-refractivity contribution in [3.63, 3.8) is 0 Å². The standard InChI is InChI=1S/C26H30N2O4S/c1-5-25(21-12-15-23(32-4)16-13-21)27-26(29)18-28(22-14-11-19(2)20(3)17-22)33(30,31)24-9-7-6-8-10-24/h6-17,25H,5,18H2,1-4H3,(H,27,29)/t25-/m1/s1. The molecule has 0 saturated heterocycles. The van der Waals surface area contributed by atoms with E-state index >= 15 is 0 Å². The first-order valence-electron chi connectivity index (χ1n) is 10.8. The minimum atomic E-state index is -3.94. The highest BCUT2D eigenvalue weighted by molar-refractivity contribution is 7.92. The van der Waals surface area contributed by atoms with Gasteiger partial charge in [0.2, 0.25) is 5.91 Å². The molecule has 3 aromatic carbocycles. The fraction of sp³-hybridized carbons (Fsp3) is 0.269. The molecule has 1 N–H and O–H groups in total. The molecule has 6 nitrogen and oxygen atoms in total. The number of nitrogens with zero attached hydrogens (tertiary/aromatic N) is 1. The highest BCUT2D eigenvalue weighted by Crippen LogP contribution is 2.26. The second-order valence-electron chi connectivity index (χ2n) is 7.89. The van der Waals surface area contributed by atoms with Crippen LogP contribution in [0.1, 0.15) is 36.1 Å². The first-order chi connectivity index (χ1) is 15.8. The van der Waals surface area contributed by atoms with Crippen molar-refractivity contribution in [2.45, 2.75) is 38.1 Å². The fourth-order valence-electron chi connectivity index (χ4n) is 3.54. The Balaban J connectivity index is 1.90. The van der Waals surface area contributed by atoms with E-state index in [2.05, 4.69) is 5.32 Å². The van der Waals surface area contributed by atoms with Crippen LogP contribution in [0.15, 0.2) is 77.7 Å². The van der Waals surface area contributed by atoms with Crippen LogP contribution in [-0.2, 0) is 14.8 Å². The van der Waals surface area contributed by atoms with E-state index in [1.54, 1.807) is 37.4 Å². The summed E-state index contributed by atoms with van der Waals surface area (Å²) in [7, 11) is -2.34. The summed E-state index contributed by atoms with van der Waals surface area (Å²) >= 11 is 0. The van der Waals surface area contributed by atoms with Crippen LogP contribution in [0.5, 0.6) is 5.75 Å². The van der Waals surface area contributed by atoms with E-state index in [1.165, 1.54) is 16.4 Å². The average Bonchev–Trinajstić information content (AvgIpc) is 2.83. The van der Waals surface area contributed by atoms with Gasteiger partial charge in [-0.05, 0) is 73.4 Å².